The average Bonchev–Trinajstić information content (AvgIpc) is 2.84. The molecule has 34 heavy (non-hydrogen) atoms. The molecule has 0 spiro atoms. The van der Waals surface area contributed by atoms with Crippen LogP contribution in [0.25, 0.3) is 10.8 Å². The van der Waals surface area contributed by atoms with Gasteiger partial charge in [0.1, 0.15) is 5.82 Å². The molecule has 1 fully saturated rings. The van der Waals surface area contributed by atoms with Crippen molar-refractivity contribution in [2.24, 2.45) is 5.92 Å². The summed E-state index contributed by atoms with van der Waals surface area (Å²) in [5, 5.41) is 1.28. The Morgan fingerprint density at radius 3 is 2.29 bits per heavy atom. The summed E-state index contributed by atoms with van der Waals surface area (Å²) in [6, 6.07) is 14.2. The fraction of sp³-hybridized carbons (Fsp3) is 0.429. The highest BCUT2D eigenvalue weighted by atomic mass is 19.4. The third-order valence-electron chi connectivity index (χ3n) is 6.48. The van der Waals surface area contributed by atoms with Gasteiger partial charge in [-0.05, 0) is 54.0 Å². The second-order valence-electron chi connectivity index (χ2n) is 9.07. The van der Waals surface area contributed by atoms with Gasteiger partial charge in [0.2, 0.25) is 0 Å². The monoisotopic (exact) mass is 474 g/mol. The number of benzene rings is 3. The largest absolute Gasteiger partial charge is 0.416 e. The van der Waals surface area contributed by atoms with E-state index in [1.54, 1.807) is 12.1 Å². The minimum atomic E-state index is -4.36. The first-order valence-electron chi connectivity index (χ1n) is 12.0. The Morgan fingerprint density at radius 1 is 0.882 bits per heavy atom. The summed E-state index contributed by atoms with van der Waals surface area (Å²) in [7, 11) is 0. The molecule has 0 atom stereocenters. The van der Waals surface area contributed by atoms with Gasteiger partial charge >= 0.3 is 6.18 Å². The molecule has 1 saturated heterocycles. The topological polar surface area (TPSA) is 18.5 Å². The molecule has 2 nitrogen and oxygen atoms in total. The predicted octanol–water partition coefficient (Wildman–Crippen LogP) is 8.02. The van der Waals surface area contributed by atoms with E-state index in [1.807, 2.05) is 18.2 Å². The smallest absolute Gasteiger partial charge is 0.348 e. The molecule has 1 aliphatic rings. The van der Waals surface area contributed by atoms with E-state index < -0.39 is 18.0 Å². The van der Waals surface area contributed by atoms with E-state index >= 15 is 4.39 Å². The molecule has 0 aromatic heterocycles. The number of halogens is 4. The molecule has 0 aliphatic carbocycles. The Hall–Kier alpha value is -2.44. The lowest BCUT2D eigenvalue weighted by atomic mass is 9.98. The maximum Gasteiger partial charge on any atom is 0.416 e. The van der Waals surface area contributed by atoms with E-state index in [-0.39, 0.29) is 5.82 Å². The molecule has 0 amide bonds. The number of aryl methyl sites for hydroxylation is 2. The zero-order valence-corrected chi connectivity index (χ0v) is 19.3. The summed E-state index contributed by atoms with van der Waals surface area (Å²) < 4.78 is 65.2. The van der Waals surface area contributed by atoms with Crippen molar-refractivity contribution in [1.82, 2.24) is 0 Å². The second kappa shape index (κ2) is 10.9. The predicted molar refractivity (Wildman–Crippen MR) is 125 cm³/mol. The van der Waals surface area contributed by atoms with Gasteiger partial charge in [-0.1, -0.05) is 62.6 Å². The van der Waals surface area contributed by atoms with Crippen LogP contribution in [0, 0.1) is 11.7 Å². The molecular formula is C28H30F4O2. The van der Waals surface area contributed by atoms with Gasteiger partial charge in [-0.15, -0.1) is 0 Å². The number of rotatable bonds is 8. The minimum Gasteiger partial charge on any atom is -0.348 e. The highest BCUT2D eigenvalue weighted by Crippen LogP contribution is 2.32. The molecule has 0 unspecified atom stereocenters. The number of hydrogen-bond acceptors (Lipinski definition) is 2. The Morgan fingerprint density at radius 2 is 1.62 bits per heavy atom. The van der Waals surface area contributed by atoms with Crippen molar-refractivity contribution in [2.75, 3.05) is 13.2 Å². The van der Waals surface area contributed by atoms with Crippen LogP contribution in [0.4, 0.5) is 17.6 Å². The van der Waals surface area contributed by atoms with Crippen LogP contribution in [0.2, 0.25) is 0 Å². The maximum atomic E-state index is 15.2. The van der Waals surface area contributed by atoms with Gasteiger partial charge in [0, 0.05) is 16.9 Å². The van der Waals surface area contributed by atoms with Crippen molar-refractivity contribution < 1.29 is 27.0 Å². The van der Waals surface area contributed by atoms with Crippen molar-refractivity contribution in [3.8, 4) is 0 Å². The minimum absolute atomic E-state index is 0.294. The first-order chi connectivity index (χ1) is 16.3. The third-order valence-corrected chi connectivity index (χ3v) is 6.48. The standard InChI is InChI=1S/C28H30F4O2/c1-2-3-4-5-20-17-33-27(34-18-20)23-12-15-25-22(16-23)11-10-21(26(25)29)9-6-19-7-13-24(14-8-19)28(30,31)32/h7-8,10-16,20,27H,2-6,9,17-18H2,1H3. The van der Waals surface area contributed by atoms with Crippen LogP contribution in [0.1, 0.15) is 61.2 Å². The van der Waals surface area contributed by atoms with Crippen molar-refractivity contribution in [3.63, 3.8) is 0 Å². The number of hydrogen-bond donors (Lipinski definition) is 0. The van der Waals surface area contributed by atoms with E-state index in [1.165, 1.54) is 31.4 Å². The summed E-state index contributed by atoms with van der Waals surface area (Å²) in [4.78, 5) is 0. The van der Waals surface area contributed by atoms with E-state index in [0.717, 1.165) is 35.1 Å². The highest BCUT2D eigenvalue weighted by Gasteiger charge is 2.30. The maximum absolute atomic E-state index is 15.2. The highest BCUT2D eigenvalue weighted by molar-refractivity contribution is 5.84. The van der Waals surface area contributed by atoms with Gasteiger partial charge < -0.3 is 9.47 Å². The van der Waals surface area contributed by atoms with E-state index in [0.29, 0.717) is 42.9 Å². The van der Waals surface area contributed by atoms with Crippen molar-refractivity contribution in [1.29, 1.82) is 0 Å². The molecule has 182 valence electrons. The van der Waals surface area contributed by atoms with Crippen LogP contribution in [0.3, 0.4) is 0 Å². The third kappa shape index (κ3) is 5.97. The van der Waals surface area contributed by atoms with Crippen LogP contribution in [0.5, 0.6) is 0 Å². The van der Waals surface area contributed by atoms with Gasteiger partial charge in [0.25, 0.3) is 0 Å². The molecule has 4 rings (SSSR count). The lowest BCUT2D eigenvalue weighted by molar-refractivity contribution is -0.206. The lowest BCUT2D eigenvalue weighted by Crippen LogP contribution is -2.27. The number of unbranched alkanes of at least 4 members (excludes halogenated alkanes) is 2. The molecule has 3 aromatic carbocycles. The summed E-state index contributed by atoms with van der Waals surface area (Å²) in [6.07, 6.45) is 0.795. The Kier molecular flexibility index (Phi) is 7.89. The first-order valence-corrected chi connectivity index (χ1v) is 12.0. The van der Waals surface area contributed by atoms with Crippen LogP contribution < -0.4 is 0 Å². The van der Waals surface area contributed by atoms with Crippen LogP contribution in [0.15, 0.2) is 54.6 Å². The molecule has 1 heterocycles. The normalized spacial score (nSPS) is 19.0. The quantitative estimate of drug-likeness (QED) is 0.243. The molecule has 0 radical (unpaired) electrons. The summed E-state index contributed by atoms with van der Waals surface area (Å²) in [5.41, 5.74) is 1.47. The summed E-state index contributed by atoms with van der Waals surface area (Å²) in [5.74, 6) is 0.130. The molecule has 3 aromatic rings. The van der Waals surface area contributed by atoms with E-state index in [4.69, 9.17) is 9.47 Å². The van der Waals surface area contributed by atoms with Crippen LogP contribution in [-0.4, -0.2) is 13.2 Å². The lowest BCUT2D eigenvalue weighted by Gasteiger charge is -2.29. The molecule has 6 heteroatoms. The molecular weight excluding hydrogens is 444 g/mol. The molecule has 0 saturated carbocycles. The summed E-state index contributed by atoms with van der Waals surface area (Å²) >= 11 is 0. The van der Waals surface area contributed by atoms with Crippen LogP contribution in [-0.2, 0) is 28.5 Å². The van der Waals surface area contributed by atoms with Crippen molar-refractivity contribution in [2.45, 2.75) is 57.9 Å². The second-order valence-corrected chi connectivity index (χ2v) is 9.07. The zero-order chi connectivity index (χ0) is 24.1. The first kappa shape index (κ1) is 24.7. The van der Waals surface area contributed by atoms with Gasteiger partial charge in [-0.25, -0.2) is 4.39 Å². The number of fused-ring (bicyclic) bond motifs is 1. The Balaban J connectivity index is 1.39. The zero-order valence-electron chi connectivity index (χ0n) is 19.3. The molecule has 0 N–H and O–H groups in total. The Bertz CT molecular complexity index is 1080. The van der Waals surface area contributed by atoms with Crippen molar-refractivity contribution in [3.05, 3.63) is 82.7 Å². The molecule has 0 bridgehead atoms. The Labute approximate surface area is 197 Å². The number of alkyl halides is 3. The van der Waals surface area contributed by atoms with Gasteiger partial charge in [0.15, 0.2) is 6.29 Å². The van der Waals surface area contributed by atoms with E-state index in [2.05, 4.69) is 6.92 Å². The van der Waals surface area contributed by atoms with Gasteiger partial charge in [-0.2, -0.15) is 13.2 Å². The SMILES string of the molecule is CCCCCC1COC(c2ccc3c(F)c(CCc4ccc(C(F)(F)F)cc4)ccc3c2)OC1. The fourth-order valence-electron chi connectivity index (χ4n) is 4.42. The average molecular weight is 475 g/mol. The fourth-order valence-corrected chi connectivity index (χ4v) is 4.42. The van der Waals surface area contributed by atoms with E-state index in [9.17, 15) is 13.2 Å². The van der Waals surface area contributed by atoms with Crippen LogP contribution >= 0.6 is 0 Å². The van der Waals surface area contributed by atoms with Crippen molar-refractivity contribution >= 4 is 10.8 Å². The van der Waals surface area contributed by atoms with Gasteiger partial charge in [0.05, 0.1) is 18.8 Å². The molecule has 1 aliphatic heterocycles. The van der Waals surface area contributed by atoms with Gasteiger partial charge in [-0.3, -0.25) is 0 Å². The number of ether oxygens (including phenoxy) is 2. The summed E-state index contributed by atoms with van der Waals surface area (Å²) in [6.45, 7) is 3.53.